The van der Waals surface area contributed by atoms with Gasteiger partial charge in [-0.25, -0.2) is 9.59 Å². The second-order valence-electron chi connectivity index (χ2n) is 6.22. The molecule has 0 saturated carbocycles. The second kappa shape index (κ2) is 11.7. The fourth-order valence-electron chi connectivity index (χ4n) is 2.51. The molecule has 0 unspecified atom stereocenters. The van der Waals surface area contributed by atoms with Gasteiger partial charge in [-0.3, -0.25) is 9.59 Å². The first-order chi connectivity index (χ1) is 15.2. The molecule has 8 nitrogen and oxygen atoms in total. The Hall–Kier alpha value is -2.88. The van der Waals surface area contributed by atoms with Crippen LogP contribution in [-0.2, 0) is 19.1 Å². The molecule has 0 aliphatic heterocycles. The highest BCUT2D eigenvalue weighted by Gasteiger charge is 2.26. The summed E-state index contributed by atoms with van der Waals surface area (Å²) in [7, 11) is 1.45. The van der Waals surface area contributed by atoms with Crippen LogP contribution in [0.15, 0.2) is 24.3 Å². The molecule has 0 fully saturated rings. The summed E-state index contributed by atoms with van der Waals surface area (Å²) in [6, 6.07) is 4.81. The van der Waals surface area contributed by atoms with Crippen LogP contribution in [0.25, 0.3) is 6.08 Å². The van der Waals surface area contributed by atoms with Gasteiger partial charge in [-0.2, -0.15) is 0 Å². The van der Waals surface area contributed by atoms with Crippen molar-refractivity contribution in [3.8, 4) is 0 Å². The molecule has 0 bridgehead atoms. The highest BCUT2D eigenvalue weighted by atomic mass is 35.5. The lowest BCUT2D eigenvalue weighted by atomic mass is 10.1. The zero-order valence-electron chi connectivity index (χ0n) is 17.4. The van der Waals surface area contributed by atoms with E-state index in [1.807, 2.05) is 0 Å². The first-order valence-electron chi connectivity index (χ1n) is 9.30. The number of thiophene rings is 1. The minimum Gasteiger partial charge on any atom is -0.462 e. The Labute approximate surface area is 198 Å². The van der Waals surface area contributed by atoms with Crippen LogP contribution in [0, 0.1) is 6.92 Å². The highest BCUT2D eigenvalue weighted by Crippen LogP contribution is 2.33. The molecule has 0 radical (unpaired) electrons. The SMILES string of the molecule is CCOC(=O)c1c(NC(=O)COC(=O)/C=C/c2ccc(Cl)c(Cl)c2)sc(C(=O)NC)c1C. The Kier molecular flexibility index (Phi) is 9.25. The van der Waals surface area contributed by atoms with E-state index >= 15 is 0 Å². The number of rotatable bonds is 8. The van der Waals surface area contributed by atoms with E-state index in [0.717, 1.165) is 17.4 Å². The summed E-state index contributed by atoms with van der Waals surface area (Å²) in [4.78, 5) is 48.8. The maximum Gasteiger partial charge on any atom is 0.341 e. The first-order valence-corrected chi connectivity index (χ1v) is 10.9. The molecule has 2 rings (SSSR count). The fourth-order valence-corrected chi connectivity index (χ4v) is 3.97. The number of hydrogen-bond donors (Lipinski definition) is 2. The molecule has 0 atom stereocenters. The van der Waals surface area contributed by atoms with E-state index in [1.165, 1.54) is 13.1 Å². The molecule has 1 aromatic heterocycles. The number of nitrogens with one attached hydrogen (secondary N) is 2. The van der Waals surface area contributed by atoms with E-state index in [-0.39, 0.29) is 22.0 Å². The molecular formula is C21H20Cl2N2O6S. The number of anilines is 1. The van der Waals surface area contributed by atoms with E-state index in [9.17, 15) is 19.2 Å². The smallest absolute Gasteiger partial charge is 0.341 e. The van der Waals surface area contributed by atoms with E-state index in [0.29, 0.717) is 21.2 Å². The van der Waals surface area contributed by atoms with Gasteiger partial charge in [0.1, 0.15) is 5.00 Å². The van der Waals surface area contributed by atoms with Gasteiger partial charge in [0.2, 0.25) is 0 Å². The van der Waals surface area contributed by atoms with E-state index in [2.05, 4.69) is 10.6 Å². The van der Waals surface area contributed by atoms with Gasteiger partial charge in [0.25, 0.3) is 11.8 Å². The minimum absolute atomic E-state index is 0.0784. The fraction of sp³-hybridized carbons (Fsp3) is 0.238. The number of hydrogen-bond acceptors (Lipinski definition) is 7. The maximum atomic E-state index is 12.3. The number of ether oxygens (including phenoxy) is 2. The van der Waals surface area contributed by atoms with Crippen molar-refractivity contribution in [2.45, 2.75) is 13.8 Å². The molecule has 2 amide bonds. The van der Waals surface area contributed by atoms with Gasteiger partial charge in [-0.15, -0.1) is 11.3 Å². The average Bonchev–Trinajstić information content (AvgIpc) is 3.08. The number of carbonyl (C=O) groups excluding carboxylic acids is 4. The molecule has 1 aromatic carbocycles. The molecule has 11 heteroatoms. The zero-order valence-corrected chi connectivity index (χ0v) is 19.7. The van der Waals surface area contributed by atoms with Crippen molar-refractivity contribution in [2.75, 3.05) is 25.6 Å². The molecule has 170 valence electrons. The third-order valence-electron chi connectivity index (χ3n) is 4.01. The summed E-state index contributed by atoms with van der Waals surface area (Å²) in [5, 5.41) is 5.82. The van der Waals surface area contributed by atoms with Gasteiger partial charge >= 0.3 is 11.9 Å². The summed E-state index contributed by atoms with van der Waals surface area (Å²) in [5.74, 6) is -2.52. The number of halogens is 2. The van der Waals surface area contributed by atoms with Crippen LogP contribution in [0.4, 0.5) is 5.00 Å². The third-order valence-corrected chi connectivity index (χ3v) is 5.96. The molecule has 0 aliphatic rings. The Bertz CT molecular complexity index is 1080. The average molecular weight is 499 g/mol. The summed E-state index contributed by atoms with van der Waals surface area (Å²) < 4.78 is 9.94. The quantitative estimate of drug-likeness (QED) is 0.418. The van der Waals surface area contributed by atoms with Gasteiger partial charge in [0, 0.05) is 13.1 Å². The normalized spacial score (nSPS) is 10.7. The van der Waals surface area contributed by atoms with Crippen molar-refractivity contribution in [3.05, 3.63) is 55.9 Å². The monoisotopic (exact) mass is 498 g/mol. The minimum atomic E-state index is -0.759. The Morgan fingerprint density at radius 1 is 1.12 bits per heavy atom. The molecule has 0 aliphatic carbocycles. The van der Waals surface area contributed by atoms with Crippen LogP contribution in [0.3, 0.4) is 0 Å². The largest absolute Gasteiger partial charge is 0.462 e. The maximum absolute atomic E-state index is 12.3. The Morgan fingerprint density at radius 3 is 2.47 bits per heavy atom. The topological polar surface area (TPSA) is 111 Å². The number of carbonyl (C=O) groups is 4. The molecule has 2 aromatic rings. The zero-order chi connectivity index (χ0) is 23.8. The predicted octanol–water partition coefficient (Wildman–Crippen LogP) is 4.09. The highest BCUT2D eigenvalue weighted by molar-refractivity contribution is 7.18. The number of benzene rings is 1. The lowest BCUT2D eigenvalue weighted by molar-refractivity contribution is -0.142. The number of esters is 2. The second-order valence-corrected chi connectivity index (χ2v) is 8.06. The third kappa shape index (κ3) is 6.56. The van der Waals surface area contributed by atoms with Crippen molar-refractivity contribution >= 4 is 69.4 Å². The Morgan fingerprint density at radius 2 is 1.84 bits per heavy atom. The van der Waals surface area contributed by atoms with Gasteiger partial charge in [0.05, 0.1) is 27.1 Å². The summed E-state index contributed by atoms with van der Waals surface area (Å²) in [6.45, 7) is 2.75. The molecule has 0 saturated heterocycles. The standard InChI is InChI=1S/C21H20Cl2N2O6S/c1-4-30-21(29)17-11(2)18(19(28)24-3)32-20(17)25-15(26)10-31-16(27)8-6-12-5-7-13(22)14(23)9-12/h5-9H,4,10H2,1-3H3,(H,24,28)(H,25,26)/b8-6+. The summed E-state index contributed by atoms with van der Waals surface area (Å²) in [6.07, 6.45) is 2.59. The van der Waals surface area contributed by atoms with Gasteiger partial charge in [0.15, 0.2) is 6.61 Å². The van der Waals surface area contributed by atoms with Crippen molar-refractivity contribution in [1.29, 1.82) is 0 Å². The van der Waals surface area contributed by atoms with Crippen LogP contribution in [0.5, 0.6) is 0 Å². The summed E-state index contributed by atoms with van der Waals surface area (Å²) in [5.41, 5.74) is 1.08. The van der Waals surface area contributed by atoms with Crippen molar-refractivity contribution in [2.24, 2.45) is 0 Å². The molecule has 2 N–H and O–H groups in total. The van der Waals surface area contributed by atoms with E-state index < -0.39 is 30.4 Å². The lowest BCUT2D eigenvalue weighted by Crippen LogP contribution is -2.21. The Balaban J connectivity index is 2.06. The first kappa shape index (κ1) is 25.4. The lowest BCUT2D eigenvalue weighted by Gasteiger charge is -2.07. The van der Waals surface area contributed by atoms with Crippen molar-refractivity contribution in [3.63, 3.8) is 0 Å². The molecule has 1 heterocycles. The predicted molar refractivity (Wildman–Crippen MR) is 123 cm³/mol. The van der Waals surface area contributed by atoms with Crippen molar-refractivity contribution in [1.82, 2.24) is 5.32 Å². The molecule has 32 heavy (non-hydrogen) atoms. The van der Waals surface area contributed by atoms with Crippen LogP contribution in [0.2, 0.25) is 10.0 Å². The van der Waals surface area contributed by atoms with Gasteiger partial charge < -0.3 is 20.1 Å². The van der Waals surface area contributed by atoms with Gasteiger partial charge in [-0.1, -0.05) is 29.3 Å². The summed E-state index contributed by atoms with van der Waals surface area (Å²) >= 11 is 12.7. The van der Waals surface area contributed by atoms with Crippen LogP contribution in [0.1, 0.15) is 38.1 Å². The van der Waals surface area contributed by atoms with Crippen LogP contribution >= 0.6 is 34.5 Å². The number of amides is 2. The van der Waals surface area contributed by atoms with E-state index in [1.54, 1.807) is 32.0 Å². The van der Waals surface area contributed by atoms with E-state index in [4.69, 9.17) is 32.7 Å². The van der Waals surface area contributed by atoms with Crippen molar-refractivity contribution < 1.29 is 28.7 Å². The molecular weight excluding hydrogens is 479 g/mol. The van der Waals surface area contributed by atoms with Crippen LogP contribution in [-0.4, -0.2) is 44.0 Å². The molecule has 0 spiro atoms. The van der Waals surface area contributed by atoms with Crippen LogP contribution < -0.4 is 10.6 Å². The van der Waals surface area contributed by atoms with Gasteiger partial charge in [-0.05, 0) is 43.2 Å².